The lowest BCUT2D eigenvalue weighted by Crippen LogP contribution is -2.26. The predicted octanol–water partition coefficient (Wildman–Crippen LogP) is 4.16. The molecule has 6 heteroatoms. The van der Waals surface area contributed by atoms with Crippen LogP contribution in [0.2, 0.25) is 5.02 Å². The average molecular weight is 344 g/mol. The Kier molecular flexibility index (Phi) is 4.62. The van der Waals surface area contributed by atoms with Crippen molar-refractivity contribution in [1.82, 2.24) is 14.9 Å². The van der Waals surface area contributed by atoms with Gasteiger partial charge in [-0.2, -0.15) is 0 Å². The molecule has 0 saturated carbocycles. The lowest BCUT2D eigenvalue weighted by Gasteiger charge is -2.15. The van der Waals surface area contributed by atoms with Crippen LogP contribution in [0.1, 0.15) is 28.9 Å². The van der Waals surface area contributed by atoms with E-state index in [1.807, 2.05) is 42.0 Å². The Morgan fingerprint density at radius 1 is 1.25 bits per heavy atom. The minimum absolute atomic E-state index is 0.0927. The van der Waals surface area contributed by atoms with Gasteiger partial charge in [-0.3, -0.25) is 4.79 Å². The summed E-state index contributed by atoms with van der Waals surface area (Å²) in [5, 5.41) is 2.95. The zero-order valence-corrected chi connectivity index (χ0v) is 13.7. The number of hydrogen-bond donors (Lipinski definition) is 1. The van der Waals surface area contributed by atoms with Crippen LogP contribution in [0, 0.1) is 5.82 Å². The fourth-order valence-corrected chi connectivity index (χ4v) is 2.63. The van der Waals surface area contributed by atoms with Crippen LogP contribution in [0.15, 0.2) is 61.2 Å². The zero-order valence-electron chi connectivity index (χ0n) is 12.9. The molecule has 4 nitrogen and oxygen atoms in total. The van der Waals surface area contributed by atoms with Crippen LogP contribution < -0.4 is 5.32 Å². The molecule has 0 aliphatic rings. The Labute approximate surface area is 143 Å². The van der Waals surface area contributed by atoms with E-state index >= 15 is 0 Å². The summed E-state index contributed by atoms with van der Waals surface area (Å²) in [6.45, 7) is 1.88. The maximum Gasteiger partial charge on any atom is 0.253 e. The highest BCUT2D eigenvalue weighted by Gasteiger charge is 2.14. The third-order valence-electron chi connectivity index (χ3n) is 3.72. The van der Waals surface area contributed by atoms with Crippen molar-refractivity contribution in [2.24, 2.45) is 0 Å². The van der Waals surface area contributed by atoms with Crippen LogP contribution in [-0.2, 0) is 0 Å². The van der Waals surface area contributed by atoms with Crippen molar-refractivity contribution in [3.63, 3.8) is 0 Å². The van der Waals surface area contributed by atoms with Crippen LogP contribution in [-0.4, -0.2) is 15.5 Å². The van der Waals surface area contributed by atoms with Gasteiger partial charge in [-0.05, 0) is 42.8 Å². The topological polar surface area (TPSA) is 46.9 Å². The van der Waals surface area contributed by atoms with Gasteiger partial charge in [0.15, 0.2) is 0 Å². The standard InChI is InChI=1S/C18H15ClFN3O/c1-12(22-18(24)16-7-4-14(20)10-17(16)19)13-2-5-15(6-3-13)23-9-8-21-11-23/h2-12H,1H3,(H,22,24)/t12-/m1/s1. The van der Waals surface area contributed by atoms with Gasteiger partial charge in [0.2, 0.25) is 0 Å². The molecular weight excluding hydrogens is 329 g/mol. The fraction of sp³-hybridized carbons (Fsp3) is 0.111. The van der Waals surface area contributed by atoms with Gasteiger partial charge in [0.25, 0.3) is 5.91 Å². The first-order valence-corrected chi connectivity index (χ1v) is 7.76. The van der Waals surface area contributed by atoms with E-state index in [-0.39, 0.29) is 22.5 Å². The molecule has 1 heterocycles. The van der Waals surface area contributed by atoms with Crippen molar-refractivity contribution in [2.75, 3.05) is 0 Å². The second kappa shape index (κ2) is 6.84. The quantitative estimate of drug-likeness (QED) is 0.773. The minimum Gasteiger partial charge on any atom is -0.345 e. The third kappa shape index (κ3) is 3.46. The van der Waals surface area contributed by atoms with Crippen molar-refractivity contribution in [1.29, 1.82) is 0 Å². The van der Waals surface area contributed by atoms with E-state index in [0.717, 1.165) is 17.3 Å². The molecule has 0 fully saturated rings. The number of benzene rings is 2. The van der Waals surface area contributed by atoms with Gasteiger partial charge in [-0.25, -0.2) is 9.37 Å². The van der Waals surface area contributed by atoms with Crippen molar-refractivity contribution >= 4 is 17.5 Å². The van der Waals surface area contributed by atoms with Crippen LogP contribution in [0.5, 0.6) is 0 Å². The molecular formula is C18H15ClFN3O. The van der Waals surface area contributed by atoms with Crippen molar-refractivity contribution < 1.29 is 9.18 Å². The molecule has 3 rings (SSSR count). The SMILES string of the molecule is C[C@@H](NC(=O)c1ccc(F)cc1Cl)c1ccc(-n2ccnc2)cc1. The van der Waals surface area contributed by atoms with Crippen molar-refractivity contribution in [3.8, 4) is 5.69 Å². The number of aromatic nitrogens is 2. The molecule has 0 aliphatic heterocycles. The zero-order chi connectivity index (χ0) is 17.1. The molecule has 3 aromatic rings. The number of imidazole rings is 1. The monoisotopic (exact) mass is 343 g/mol. The number of amides is 1. The lowest BCUT2D eigenvalue weighted by molar-refractivity contribution is 0.0940. The second-order valence-corrected chi connectivity index (χ2v) is 5.79. The first kappa shape index (κ1) is 16.2. The molecule has 1 atom stereocenters. The van der Waals surface area contributed by atoms with E-state index in [9.17, 15) is 9.18 Å². The number of carbonyl (C=O) groups excluding carboxylic acids is 1. The maximum atomic E-state index is 13.1. The third-order valence-corrected chi connectivity index (χ3v) is 4.03. The number of rotatable bonds is 4. The highest BCUT2D eigenvalue weighted by molar-refractivity contribution is 6.33. The molecule has 0 aliphatic carbocycles. The smallest absolute Gasteiger partial charge is 0.253 e. The largest absolute Gasteiger partial charge is 0.345 e. The van der Waals surface area contributed by atoms with Gasteiger partial charge in [0, 0.05) is 18.1 Å². The summed E-state index contributed by atoms with van der Waals surface area (Å²) < 4.78 is 15.0. The molecule has 1 amide bonds. The van der Waals surface area contributed by atoms with Crippen LogP contribution in [0.3, 0.4) is 0 Å². The fourth-order valence-electron chi connectivity index (χ4n) is 2.38. The summed E-state index contributed by atoms with van der Waals surface area (Å²) >= 11 is 5.92. The van der Waals surface area contributed by atoms with E-state index in [2.05, 4.69) is 10.3 Å². The molecule has 0 spiro atoms. The van der Waals surface area contributed by atoms with E-state index in [1.165, 1.54) is 12.1 Å². The Morgan fingerprint density at radius 2 is 2.00 bits per heavy atom. The van der Waals surface area contributed by atoms with Gasteiger partial charge in [-0.1, -0.05) is 23.7 Å². The second-order valence-electron chi connectivity index (χ2n) is 5.38. The first-order valence-electron chi connectivity index (χ1n) is 7.39. The van der Waals surface area contributed by atoms with Crippen LogP contribution >= 0.6 is 11.6 Å². The van der Waals surface area contributed by atoms with E-state index in [4.69, 9.17) is 11.6 Å². The first-order chi connectivity index (χ1) is 11.5. The van der Waals surface area contributed by atoms with Gasteiger partial charge in [0.1, 0.15) is 5.82 Å². The lowest BCUT2D eigenvalue weighted by atomic mass is 10.1. The average Bonchev–Trinajstić information content (AvgIpc) is 3.09. The van der Waals surface area contributed by atoms with Gasteiger partial charge >= 0.3 is 0 Å². The highest BCUT2D eigenvalue weighted by Crippen LogP contribution is 2.20. The van der Waals surface area contributed by atoms with Gasteiger partial charge < -0.3 is 9.88 Å². The van der Waals surface area contributed by atoms with E-state index < -0.39 is 5.82 Å². The van der Waals surface area contributed by atoms with E-state index in [1.54, 1.807) is 12.5 Å². The minimum atomic E-state index is -0.473. The Bertz CT molecular complexity index is 847. The Morgan fingerprint density at radius 3 is 2.62 bits per heavy atom. The summed E-state index contributed by atoms with van der Waals surface area (Å²) in [6, 6.07) is 11.3. The number of nitrogens with one attached hydrogen (secondary N) is 1. The molecule has 1 N–H and O–H groups in total. The molecule has 1 aromatic heterocycles. The summed E-state index contributed by atoms with van der Waals surface area (Å²) in [5.41, 5.74) is 2.18. The number of hydrogen-bond acceptors (Lipinski definition) is 2. The molecule has 0 bridgehead atoms. The number of carbonyl (C=O) groups is 1. The van der Waals surface area contributed by atoms with Gasteiger partial charge in [-0.15, -0.1) is 0 Å². The maximum absolute atomic E-state index is 13.1. The summed E-state index contributed by atoms with van der Waals surface area (Å²) in [6.07, 6.45) is 5.29. The highest BCUT2D eigenvalue weighted by atomic mass is 35.5. The molecule has 122 valence electrons. The molecule has 2 aromatic carbocycles. The molecule has 0 radical (unpaired) electrons. The molecule has 0 saturated heterocycles. The number of halogens is 2. The summed E-state index contributed by atoms with van der Waals surface area (Å²) in [5.74, 6) is -0.814. The number of nitrogens with zero attached hydrogens (tertiary/aromatic N) is 2. The van der Waals surface area contributed by atoms with Crippen molar-refractivity contribution in [2.45, 2.75) is 13.0 Å². The van der Waals surface area contributed by atoms with E-state index in [0.29, 0.717) is 0 Å². The normalized spacial score (nSPS) is 12.0. The van der Waals surface area contributed by atoms with Crippen molar-refractivity contribution in [3.05, 3.63) is 83.2 Å². The molecule has 0 unspecified atom stereocenters. The summed E-state index contributed by atoms with van der Waals surface area (Å²) in [4.78, 5) is 16.3. The Balaban J connectivity index is 1.72. The predicted molar refractivity (Wildman–Crippen MR) is 90.9 cm³/mol. The van der Waals surface area contributed by atoms with Crippen LogP contribution in [0.4, 0.5) is 4.39 Å². The van der Waals surface area contributed by atoms with Crippen LogP contribution in [0.25, 0.3) is 5.69 Å². The Hall–Kier alpha value is -2.66. The van der Waals surface area contributed by atoms with Gasteiger partial charge in [0.05, 0.1) is 23.0 Å². The summed E-state index contributed by atoms with van der Waals surface area (Å²) in [7, 11) is 0. The molecule has 24 heavy (non-hydrogen) atoms.